The summed E-state index contributed by atoms with van der Waals surface area (Å²) in [4.78, 5) is 3.75. The maximum Gasteiger partial charge on any atom is 0.119 e. The molecular formula is C20H25NOS. The number of thiophene rings is 1. The maximum absolute atomic E-state index is 12.0. The second-order valence-corrected chi connectivity index (χ2v) is 8.26. The highest BCUT2D eigenvalue weighted by Gasteiger charge is 2.45. The monoisotopic (exact) mass is 327 g/mol. The fourth-order valence-electron chi connectivity index (χ4n) is 4.43. The van der Waals surface area contributed by atoms with Gasteiger partial charge in [0.15, 0.2) is 0 Å². The number of nitrogens with zero attached hydrogens (tertiary/aromatic N) is 1. The van der Waals surface area contributed by atoms with Crippen LogP contribution in [-0.4, -0.2) is 30.1 Å². The van der Waals surface area contributed by atoms with Crippen molar-refractivity contribution < 1.29 is 5.11 Å². The molecule has 1 fully saturated rings. The average molecular weight is 327 g/mol. The van der Waals surface area contributed by atoms with Crippen molar-refractivity contribution in [1.82, 2.24) is 4.90 Å². The van der Waals surface area contributed by atoms with E-state index in [-0.39, 0.29) is 0 Å². The Labute approximate surface area is 142 Å². The summed E-state index contributed by atoms with van der Waals surface area (Å²) in [5.41, 5.74) is 4.17. The Morgan fingerprint density at radius 1 is 1.13 bits per heavy atom. The summed E-state index contributed by atoms with van der Waals surface area (Å²) in [7, 11) is 2.18. The van der Waals surface area contributed by atoms with Crippen molar-refractivity contribution in [2.75, 3.05) is 20.1 Å². The first-order valence-corrected chi connectivity index (χ1v) is 9.55. The lowest BCUT2D eigenvalue weighted by atomic mass is 9.71. The summed E-state index contributed by atoms with van der Waals surface area (Å²) in [5.74, 6) is 0.312. The number of rotatable bonds is 1. The smallest absolute Gasteiger partial charge is 0.119 e. The lowest BCUT2D eigenvalue weighted by molar-refractivity contribution is -0.0110. The van der Waals surface area contributed by atoms with Crippen molar-refractivity contribution in [3.63, 3.8) is 0 Å². The van der Waals surface area contributed by atoms with Crippen LogP contribution in [0, 0.1) is 12.8 Å². The first-order chi connectivity index (χ1) is 11.1. The third-order valence-electron chi connectivity index (χ3n) is 5.76. The van der Waals surface area contributed by atoms with Gasteiger partial charge in [-0.1, -0.05) is 23.8 Å². The number of likely N-dealkylation sites (tertiary alicyclic amines) is 1. The molecule has 1 aromatic carbocycles. The lowest BCUT2D eigenvalue weighted by Gasteiger charge is -2.41. The van der Waals surface area contributed by atoms with E-state index in [1.807, 2.05) is 11.3 Å². The predicted octanol–water partition coefficient (Wildman–Crippen LogP) is 3.73. The van der Waals surface area contributed by atoms with Crippen molar-refractivity contribution in [3.05, 3.63) is 56.8 Å². The minimum atomic E-state index is -0.809. The van der Waals surface area contributed by atoms with Crippen molar-refractivity contribution in [1.29, 1.82) is 0 Å². The Morgan fingerprint density at radius 2 is 1.91 bits per heavy atom. The van der Waals surface area contributed by atoms with Crippen molar-refractivity contribution in [2.45, 2.75) is 38.2 Å². The summed E-state index contributed by atoms with van der Waals surface area (Å²) in [6, 6.07) is 8.81. The Balaban J connectivity index is 1.87. The van der Waals surface area contributed by atoms with Crippen LogP contribution in [0.2, 0.25) is 0 Å². The van der Waals surface area contributed by atoms with Gasteiger partial charge in [-0.2, -0.15) is 0 Å². The van der Waals surface area contributed by atoms with E-state index in [4.69, 9.17) is 0 Å². The summed E-state index contributed by atoms with van der Waals surface area (Å²) >= 11 is 1.81. The molecular weight excluding hydrogens is 302 g/mol. The third kappa shape index (κ3) is 2.46. The molecule has 1 unspecified atom stereocenters. The summed E-state index contributed by atoms with van der Waals surface area (Å²) < 4.78 is 0. The highest BCUT2D eigenvalue weighted by Crippen LogP contribution is 2.47. The molecule has 3 heteroatoms. The molecule has 0 saturated carbocycles. The van der Waals surface area contributed by atoms with Gasteiger partial charge < -0.3 is 10.0 Å². The Hall–Kier alpha value is -1.16. The quantitative estimate of drug-likeness (QED) is 0.862. The molecule has 0 radical (unpaired) electrons. The minimum absolute atomic E-state index is 0.312. The number of aryl methyl sites for hydroxylation is 3. The first kappa shape index (κ1) is 15.4. The van der Waals surface area contributed by atoms with Crippen LogP contribution >= 0.6 is 11.3 Å². The number of hydrogen-bond acceptors (Lipinski definition) is 3. The molecule has 1 saturated heterocycles. The van der Waals surface area contributed by atoms with Gasteiger partial charge in [0.1, 0.15) is 5.60 Å². The topological polar surface area (TPSA) is 23.5 Å². The molecule has 122 valence electrons. The van der Waals surface area contributed by atoms with E-state index in [1.165, 1.54) is 21.6 Å². The molecule has 2 heterocycles. The van der Waals surface area contributed by atoms with Gasteiger partial charge in [-0.05, 0) is 81.2 Å². The summed E-state index contributed by atoms with van der Waals surface area (Å²) in [6.45, 7) is 4.30. The molecule has 4 rings (SSSR count). The maximum atomic E-state index is 12.0. The second-order valence-electron chi connectivity index (χ2n) is 7.26. The SMILES string of the molecule is Cc1ccc2c(c1)CCc1sccc1C2(O)C1CCN(C)CC1. The van der Waals surface area contributed by atoms with E-state index >= 15 is 0 Å². The van der Waals surface area contributed by atoms with Crippen molar-refractivity contribution in [2.24, 2.45) is 5.92 Å². The van der Waals surface area contributed by atoms with Gasteiger partial charge in [0.2, 0.25) is 0 Å². The molecule has 2 nitrogen and oxygen atoms in total. The molecule has 23 heavy (non-hydrogen) atoms. The Morgan fingerprint density at radius 3 is 2.70 bits per heavy atom. The molecule has 1 aliphatic carbocycles. The van der Waals surface area contributed by atoms with Crippen molar-refractivity contribution in [3.8, 4) is 0 Å². The second kappa shape index (κ2) is 5.73. The highest BCUT2D eigenvalue weighted by molar-refractivity contribution is 7.10. The van der Waals surface area contributed by atoms with Gasteiger partial charge in [-0.25, -0.2) is 0 Å². The van der Waals surface area contributed by atoms with Crippen LogP contribution in [0.1, 0.15) is 40.0 Å². The van der Waals surface area contributed by atoms with Crippen LogP contribution in [-0.2, 0) is 18.4 Å². The highest BCUT2D eigenvalue weighted by atomic mass is 32.1. The first-order valence-electron chi connectivity index (χ1n) is 8.67. The lowest BCUT2D eigenvalue weighted by Crippen LogP contribution is -2.43. The normalized spacial score (nSPS) is 25.7. The fourth-order valence-corrected chi connectivity index (χ4v) is 5.37. The molecule has 1 atom stereocenters. The van der Waals surface area contributed by atoms with Gasteiger partial charge in [0.05, 0.1) is 0 Å². The minimum Gasteiger partial charge on any atom is -0.380 e. The van der Waals surface area contributed by atoms with Gasteiger partial charge in [0, 0.05) is 10.4 Å². The van der Waals surface area contributed by atoms with Crippen LogP contribution in [0.5, 0.6) is 0 Å². The zero-order valence-corrected chi connectivity index (χ0v) is 14.8. The fraction of sp³-hybridized carbons (Fsp3) is 0.500. The molecule has 1 aliphatic heterocycles. The van der Waals surface area contributed by atoms with Crippen LogP contribution in [0.25, 0.3) is 0 Å². The Kier molecular flexibility index (Phi) is 3.83. The molecule has 2 aromatic rings. The van der Waals surface area contributed by atoms with Gasteiger partial charge >= 0.3 is 0 Å². The predicted molar refractivity (Wildman–Crippen MR) is 96.1 cm³/mol. The van der Waals surface area contributed by atoms with Crippen LogP contribution in [0.15, 0.2) is 29.6 Å². The molecule has 0 spiro atoms. The van der Waals surface area contributed by atoms with E-state index in [2.05, 4.69) is 48.5 Å². The van der Waals surface area contributed by atoms with E-state index in [0.717, 1.165) is 44.3 Å². The Bertz CT molecular complexity index is 714. The third-order valence-corrected chi connectivity index (χ3v) is 6.74. The number of benzene rings is 1. The van der Waals surface area contributed by atoms with Gasteiger partial charge in [-0.3, -0.25) is 0 Å². The molecule has 2 aliphatic rings. The van der Waals surface area contributed by atoms with Crippen LogP contribution < -0.4 is 0 Å². The zero-order valence-electron chi connectivity index (χ0n) is 14.0. The summed E-state index contributed by atoms with van der Waals surface area (Å²) in [6.07, 6.45) is 4.23. The molecule has 1 aromatic heterocycles. The van der Waals surface area contributed by atoms with Gasteiger partial charge in [-0.15, -0.1) is 11.3 Å². The number of piperidine rings is 1. The number of aliphatic hydroxyl groups is 1. The van der Waals surface area contributed by atoms with Crippen LogP contribution in [0.3, 0.4) is 0 Å². The molecule has 1 N–H and O–H groups in total. The van der Waals surface area contributed by atoms with E-state index < -0.39 is 5.60 Å². The van der Waals surface area contributed by atoms with E-state index in [1.54, 1.807) is 0 Å². The van der Waals surface area contributed by atoms with Crippen LogP contribution in [0.4, 0.5) is 0 Å². The summed E-state index contributed by atoms with van der Waals surface area (Å²) in [5, 5.41) is 14.2. The number of hydrogen-bond donors (Lipinski definition) is 1. The average Bonchev–Trinajstić information content (AvgIpc) is 2.98. The van der Waals surface area contributed by atoms with Crippen molar-refractivity contribution >= 4 is 11.3 Å². The number of fused-ring (bicyclic) bond motifs is 2. The standard InChI is InChI=1S/C20H25NOS/c1-14-3-5-17-15(13-14)4-6-19-18(9-12-23-19)20(17,22)16-7-10-21(2)11-8-16/h3,5,9,12-13,16,22H,4,6-8,10-11H2,1-2H3. The van der Waals surface area contributed by atoms with E-state index in [9.17, 15) is 5.11 Å². The largest absolute Gasteiger partial charge is 0.380 e. The molecule has 0 bridgehead atoms. The van der Waals surface area contributed by atoms with Gasteiger partial charge in [0.25, 0.3) is 0 Å². The zero-order chi connectivity index (χ0) is 16.0. The van der Waals surface area contributed by atoms with E-state index in [0.29, 0.717) is 5.92 Å². The molecule has 0 amide bonds.